The Morgan fingerprint density at radius 1 is 1.31 bits per heavy atom. The summed E-state index contributed by atoms with van der Waals surface area (Å²) in [5, 5.41) is 10.6. The molecule has 1 saturated heterocycles. The molecule has 2 aromatic rings. The molecule has 0 spiro atoms. The zero-order valence-corrected chi connectivity index (χ0v) is 15.3. The van der Waals surface area contributed by atoms with Crippen molar-refractivity contribution < 1.29 is 18.9 Å². The molecule has 1 fully saturated rings. The maximum absolute atomic E-state index is 12.2. The topological polar surface area (TPSA) is 85.8 Å². The summed E-state index contributed by atoms with van der Waals surface area (Å²) in [6.45, 7) is 2.57. The fourth-order valence-corrected chi connectivity index (χ4v) is 3.63. The lowest BCUT2D eigenvalue weighted by Gasteiger charge is -2.09. The molecule has 0 unspecified atom stereocenters. The first-order valence-electron chi connectivity index (χ1n) is 7.69. The molecule has 0 saturated carbocycles. The highest BCUT2D eigenvalue weighted by Crippen LogP contribution is 2.32. The van der Waals surface area contributed by atoms with Gasteiger partial charge in [-0.15, -0.1) is 0 Å². The van der Waals surface area contributed by atoms with Crippen molar-refractivity contribution in [2.45, 2.75) is 13.5 Å². The van der Waals surface area contributed by atoms with E-state index in [2.05, 4.69) is 0 Å². The largest absolute Gasteiger partial charge is 0.486 e. The normalized spacial score (nSPS) is 15.7. The lowest BCUT2D eigenvalue weighted by Crippen LogP contribution is -2.27. The van der Waals surface area contributed by atoms with Gasteiger partial charge in [-0.25, -0.2) is 0 Å². The number of amides is 1. The van der Waals surface area contributed by atoms with Gasteiger partial charge in [0.15, 0.2) is 0 Å². The van der Waals surface area contributed by atoms with Crippen LogP contribution in [0.1, 0.15) is 18.4 Å². The van der Waals surface area contributed by atoms with Gasteiger partial charge in [-0.3, -0.25) is 19.8 Å². The molecule has 0 bridgehead atoms. The molecule has 0 radical (unpaired) electrons. The van der Waals surface area contributed by atoms with Crippen LogP contribution in [0.5, 0.6) is 5.75 Å². The van der Waals surface area contributed by atoms with E-state index < -0.39 is 4.92 Å². The number of hydrogen-bond acceptors (Lipinski definition) is 7. The number of ether oxygens (including phenoxy) is 1. The van der Waals surface area contributed by atoms with Gasteiger partial charge >= 0.3 is 0 Å². The number of hydrogen-bond donors (Lipinski definition) is 0. The number of benzene rings is 1. The number of carbonyl (C=O) groups excluding carboxylic acids is 1. The van der Waals surface area contributed by atoms with Gasteiger partial charge in [0.2, 0.25) is 0 Å². The van der Waals surface area contributed by atoms with Crippen molar-refractivity contribution in [3.05, 3.63) is 62.9 Å². The summed E-state index contributed by atoms with van der Waals surface area (Å²) in [5.41, 5.74) is 0.00188. The zero-order valence-electron chi connectivity index (χ0n) is 13.7. The van der Waals surface area contributed by atoms with Gasteiger partial charge in [-0.05, 0) is 31.2 Å². The quantitative estimate of drug-likeness (QED) is 0.319. The highest BCUT2D eigenvalue weighted by molar-refractivity contribution is 8.26. The highest BCUT2D eigenvalue weighted by atomic mass is 32.2. The molecule has 3 rings (SSSR count). The molecular formula is C17H14N2O5S2. The summed E-state index contributed by atoms with van der Waals surface area (Å²) >= 11 is 6.42. The Morgan fingerprint density at radius 2 is 2.04 bits per heavy atom. The number of thioether (sulfide) groups is 1. The summed E-state index contributed by atoms with van der Waals surface area (Å²) in [5.74, 6) is 1.48. The molecule has 1 aromatic carbocycles. The third kappa shape index (κ3) is 3.94. The minimum absolute atomic E-state index is 0.00188. The van der Waals surface area contributed by atoms with Crippen LogP contribution in [0.4, 0.5) is 5.69 Å². The fourth-order valence-electron chi connectivity index (χ4n) is 2.27. The van der Waals surface area contributed by atoms with E-state index in [1.165, 1.54) is 40.9 Å². The Bertz CT molecular complexity index is 889. The smallest absolute Gasteiger partial charge is 0.269 e. The van der Waals surface area contributed by atoms with Crippen LogP contribution in [0, 0.1) is 10.1 Å². The number of likely N-dealkylation sites (N-methyl/N-ethyl adjacent to an activating group) is 1. The molecule has 1 aromatic heterocycles. The van der Waals surface area contributed by atoms with Crippen molar-refractivity contribution in [1.82, 2.24) is 4.90 Å². The van der Waals surface area contributed by atoms with Crippen molar-refractivity contribution in [3.8, 4) is 5.75 Å². The van der Waals surface area contributed by atoms with Gasteiger partial charge in [0.25, 0.3) is 11.6 Å². The van der Waals surface area contributed by atoms with Crippen molar-refractivity contribution in [2.24, 2.45) is 0 Å². The number of rotatable bonds is 6. The fraction of sp³-hybridized carbons (Fsp3) is 0.176. The predicted molar refractivity (Wildman–Crippen MR) is 102 cm³/mol. The molecule has 1 aliphatic heterocycles. The van der Waals surface area contributed by atoms with E-state index in [0.717, 1.165) is 0 Å². The van der Waals surface area contributed by atoms with Crippen LogP contribution < -0.4 is 4.74 Å². The highest BCUT2D eigenvalue weighted by Gasteiger charge is 2.30. The van der Waals surface area contributed by atoms with E-state index in [1.54, 1.807) is 18.2 Å². The molecule has 1 aliphatic rings. The van der Waals surface area contributed by atoms with Gasteiger partial charge < -0.3 is 9.15 Å². The van der Waals surface area contributed by atoms with Gasteiger partial charge in [-0.2, -0.15) is 0 Å². The number of non-ortho nitro benzene ring substituents is 1. The third-order valence-electron chi connectivity index (χ3n) is 3.57. The summed E-state index contributed by atoms with van der Waals surface area (Å²) in [4.78, 5) is 24.4. The maximum Gasteiger partial charge on any atom is 0.269 e. The van der Waals surface area contributed by atoms with Crippen LogP contribution >= 0.6 is 24.0 Å². The van der Waals surface area contributed by atoms with E-state index in [4.69, 9.17) is 21.4 Å². The second-order valence-corrected chi connectivity index (χ2v) is 6.95. The van der Waals surface area contributed by atoms with Crippen molar-refractivity contribution in [3.63, 3.8) is 0 Å². The van der Waals surface area contributed by atoms with E-state index in [1.807, 2.05) is 6.92 Å². The molecule has 0 aliphatic carbocycles. The van der Waals surface area contributed by atoms with E-state index >= 15 is 0 Å². The Labute approximate surface area is 158 Å². The lowest BCUT2D eigenvalue weighted by atomic mass is 10.3. The Morgan fingerprint density at radius 3 is 2.65 bits per heavy atom. The Balaban J connectivity index is 1.63. The second-order valence-electron chi connectivity index (χ2n) is 5.27. The number of carbonyl (C=O) groups is 1. The van der Waals surface area contributed by atoms with Crippen LogP contribution in [0.25, 0.3) is 6.08 Å². The van der Waals surface area contributed by atoms with Crippen LogP contribution in [-0.2, 0) is 11.4 Å². The molecule has 0 atom stereocenters. The number of furan rings is 1. The van der Waals surface area contributed by atoms with Crippen molar-refractivity contribution in [1.29, 1.82) is 0 Å². The van der Waals surface area contributed by atoms with Gasteiger partial charge in [0.05, 0.1) is 9.83 Å². The zero-order chi connectivity index (χ0) is 18.7. The summed E-state index contributed by atoms with van der Waals surface area (Å²) < 4.78 is 11.7. The molecule has 1 amide bonds. The maximum atomic E-state index is 12.2. The number of thiocarbonyl (C=S) groups is 1. The number of nitro groups is 1. The van der Waals surface area contributed by atoms with Crippen molar-refractivity contribution in [2.75, 3.05) is 6.54 Å². The minimum Gasteiger partial charge on any atom is -0.486 e. The van der Waals surface area contributed by atoms with Gasteiger partial charge in [0, 0.05) is 24.8 Å². The molecule has 7 nitrogen and oxygen atoms in total. The lowest BCUT2D eigenvalue weighted by molar-refractivity contribution is -0.384. The summed E-state index contributed by atoms with van der Waals surface area (Å²) in [6, 6.07) is 9.29. The minimum atomic E-state index is -0.468. The van der Waals surface area contributed by atoms with Crippen LogP contribution in [-0.4, -0.2) is 26.6 Å². The Kier molecular flexibility index (Phi) is 5.38. The van der Waals surface area contributed by atoms with Gasteiger partial charge in [0.1, 0.15) is 28.2 Å². The molecule has 26 heavy (non-hydrogen) atoms. The van der Waals surface area contributed by atoms with E-state index in [-0.39, 0.29) is 18.2 Å². The first-order valence-corrected chi connectivity index (χ1v) is 8.91. The number of nitro benzene ring substituents is 1. The van der Waals surface area contributed by atoms with Crippen LogP contribution in [0.15, 0.2) is 45.7 Å². The standard InChI is InChI=1S/C17H14N2O5S2/c1-2-18-16(20)15(26-17(18)25)9-13-7-8-14(24-13)10-23-12-5-3-11(4-6-12)19(21)22/h3-9H,2,10H2,1H3/b15-9-. The average Bonchev–Trinajstić information content (AvgIpc) is 3.18. The van der Waals surface area contributed by atoms with Gasteiger partial charge in [-0.1, -0.05) is 24.0 Å². The van der Waals surface area contributed by atoms with E-state index in [9.17, 15) is 14.9 Å². The summed E-state index contributed by atoms with van der Waals surface area (Å²) in [7, 11) is 0. The van der Waals surface area contributed by atoms with Crippen molar-refractivity contribution >= 4 is 46.0 Å². The van der Waals surface area contributed by atoms with Crippen LogP contribution in [0.2, 0.25) is 0 Å². The first kappa shape index (κ1) is 18.2. The van der Waals surface area contributed by atoms with Crippen LogP contribution in [0.3, 0.4) is 0 Å². The summed E-state index contributed by atoms with van der Waals surface area (Å²) in [6.07, 6.45) is 1.66. The molecular weight excluding hydrogens is 376 g/mol. The van der Waals surface area contributed by atoms with E-state index in [0.29, 0.717) is 33.0 Å². The second kappa shape index (κ2) is 7.71. The predicted octanol–water partition coefficient (Wildman–Crippen LogP) is 3.99. The monoisotopic (exact) mass is 390 g/mol. The molecule has 2 heterocycles. The SMILES string of the molecule is CCN1C(=O)/C(=C/c2ccc(COc3ccc([N+](=O)[O-])cc3)o2)SC1=S. The molecule has 134 valence electrons. The molecule has 9 heteroatoms. The third-order valence-corrected chi connectivity index (χ3v) is 4.95. The number of nitrogens with zero attached hydrogens (tertiary/aromatic N) is 2. The first-order chi connectivity index (χ1) is 12.5. The Hall–Kier alpha value is -2.65. The average molecular weight is 390 g/mol. The molecule has 0 N–H and O–H groups in total.